The van der Waals surface area contributed by atoms with Crippen LogP contribution in [0.5, 0.6) is 5.75 Å². The van der Waals surface area contributed by atoms with Gasteiger partial charge in [0.25, 0.3) is 5.91 Å². The van der Waals surface area contributed by atoms with Crippen molar-refractivity contribution < 1.29 is 9.53 Å². The highest BCUT2D eigenvalue weighted by Crippen LogP contribution is 2.30. The van der Waals surface area contributed by atoms with Crippen LogP contribution in [-0.4, -0.2) is 12.0 Å². The summed E-state index contributed by atoms with van der Waals surface area (Å²) in [5.41, 5.74) is 2.46. The van der Waals surface area contributed by atoms with E-state index in [9.17, 15) is 10.1 Å². The van der Waals surface area contributed by atoms with Crippen LogP contribution >= 0.6 is 11.6 Å². The molecular weight excluding hydrogens is 324 g/mol. The number of nitrogens with one attached hydrogen (secondary N) is 1. The second-order valence-electron chi connectivity index (χ2n) is 5.63. The maximum absolute atomic E-state index is 12.3. The van der Waals surface area contributed by atoms with E-state index in [0.717, 1.165) is 23.3 Å². The van der Waals surface area contributed by atoms with Gasteiger partial charge in [0.2, 0.25) is 0 Å². The van der Waals surface area contributed by atoms with Crippen molar-refractivity contribution in [1.82, 2.24) is 0 Å². The third-order valence-corrected chi connectivity index (χ3v) is 3.91. The van der Waals surface area contributed by atoms with E-state index in [1.165, 1.54) is 0 Å². The first-order valence-electron chi connectivity index (χ1n) is 7.53. The van der Waals surface area contributed by atoms with Gasteiger partial charge in [0.15, 0.2) is 0 Å². The van der Waals surface area contributed by atoms with Gasteiger partial charge in [0.1, 0.15) is 23.5 Å². The molecule has 0 spiro atoms. The van der Waals surface area contributed by atoms with Gasteiger partial charge in [0, 0.05) is 17.1 Å². The van der Waals surface area contributed by atoms with Gasteiger partial charge in [-0.15, -0.1) is 0 Å². The van der Waals surface area contributed by atoms with Crippen LogP contribution in [0.4, 0.5) is 5.69 Å². The second-order valence-corrected chi connectivity index (χ2v) is 6.07. The summed E-state index contributed by atoms with van der Waals surface area (Å²) in [6.07, 6.45) is 2.55. The van der Waals surface area contributed by atoms with Crippen molar-refractivity contribution in [2.24, 2.45) is 0 Å². The van der Waals surface area contributed by atoms with E-state index in [-0.39, 0.29) is 11.7 Å². The molecule has 2 aromatic rings. The Bertz CT molecular complexity index is 868. The van der Waals surface area contributed by atoms with Gasteiger partial charge >= 0.3 is 0 Å². The molecule has 4 nitrogen and oxygen atoms in total. The lowest BCUT2D eigenvalue weighted by Gasteiger charge is -2.05. The fraction of sp³-hybridized carbons (Fsp3) is 0.158. The first-order valence-corrected chi connectivity index (χ1v) is 7.91. The average Bonchev–Trinajstić information content (AvgIpc) is 2.91. The lowest BCUT2D eigenvalue weighted by molar-refractivity contribution is -0.112. The van der Waals surface area contributed by atoms with Gasteiger partial charge in [-0.1, -0.05) is 23.7 Å². The van der Waals surface area contributed by atoms with Crippen LogP contribution in [0.1, 0.15) is 18.1 Å². The number of benzene rings is 2. The molecule has 1 aliphatic heterocycles. The molecule has 24 heavy (non-hydrogen) atoms. The molecular formula is C19H15ClN2O2. The summed E-state index contributed by atoms with van der Waals surface area (Å²) in [5, 5.41) is 12.5. The number of hydrogen-bond donors (Lipinski definition) is 1. The molecule has 1 atom stereocenters. The standard InChI is InChI=1S/C19H15ClN2O2/c1-12-7-14-8-13(5-6-18(14)24-12)9-15(11-21)19(23)22-17-4-2-3-16(20)10-17/h2-6,8-10,12H,7H2,1H3,(H,22,23)/b15-9-/t12-/m1/s1. The molecule has 0 saturated heterocycles. The van der Waals surface area contributed by atoms with Crippen LogP contribution in [0.15, 0.2) is 48.0 Å². The van der Waals surface area contributed by atoms with Crippen LogP contribution in [-0.2, 0) is 11.2 Å². The van der Waals surface area contributed by atoms with Crippen LogP contribution < -0.4 is 10.1 Å². The third-order valence-electron chi connectivity index (χ3n) is 3.68. The summed E-state index contributed by atoms with van der Waals surface area (Å²) < 4.78 is 5.65. The highest BCUT2D eigenvalue weighted by atomic mass is 35.5. The first kappa shape index (κ1) is 16.1. The number of anilines is 1. The van der Waals surface area contributed by atoms with Gasteiger partial charge in [-0.25, -0.2) is 0 Å². The monoisotopic (exact) mass is 338 g/mol. The van der Waals surface area contributed by atoms with Gasteiger partial charge in [-0.3, -0.25) is 4.79 Å². The normalized spacial score (nSPS) is 16.0. The van der Waals surface area contributed by atoms with Crippen molar-refractivity contribution >= 4 is 29.3 Å². The minimum absolute atomic E-state index is 0.0295. The quantitative estimate of drug-likeness (QED) is 0.673. The number of amides is 1. The molecule has 0 unspecified atom stereocenters. The molecule has 1 N–H and O–H groups in total. The Kier molecular flexibility index (Phi) is 4.54. The molecule has 0 bridgehead atoms. The van der Waals surface area contributed by atoms with Crippen LogP contribution in [0.2, 0.25) is 5.02 Å². The van der Waals surface area contributed by atoms with Crippen LogP contribution in [0.25, 0.3) is 6.08 Å². The maximum atomic E-state index is 12.3. The van der Waals surface area contributed by atoms with E-state index in [1.54, 1.807) is 30.3 Å². The Hall–Kier alpha value is -2.77. The van der Waals surface area contributed by atoms with E-state index in [0.29, 0.717) is 10.7 Å². The largest absolute Gasteiger partial charge is 0.490 e. The number of nitrogens with zero attached hydrogens (tertiary/aromatic N) is 1. The molecule has 5 heteroatoms. The molecule has 1 aliphatic rings. The predicted molar refractivity (Wildman–Crippen MR) is 93.9 cm³/mol. The predicted octanol–water partition coefficient (Wildman–Crippen LogP) is 4.21. The number of carbonyl (C=O) groups excluding carboxylic acids is 1. The van der Waals surface area contributed by atoms with E-state index in [2.05, 4.69) is 5.32 Å². The van der Waals surface area contributed by atoms with Crippen molar-refractivity contribution in [3.63, 3.8) is 0 Å². The molecule has 1 heterocycles. The number of ether oxygens (including phenoxy) is 1. The number of carbonyl (C=O) groups is 1. The summed E-state index contributed by atoms with van der Waals surface area (Å²) >= 11 is 5.89. The maximum Gasteiger partial charge on any atom is 0.266 e. The smallest absolute Gasteiger partial charge is 0.266 e. The minimum atomic E-state index is -0.468. The molecule has 120 valence electrons. The number of rotatable bonds is 3. The second kappa shape index (κ2) is 6.77. The SMILES string of the molecule is C[C@@H]1Cc2cc(/C=C(/C#N)C(=O)Nc3cccc(Cl)c3)ccc2O1. The van der Waals surface area contributed by atoms with Gasteiger partial charge in [-0.2, -0.15) is 5.26 Å². The highest BCUT2D eigenvalue weighted by Gasteiger charge is 2.19. The first-order chi connectivity index (χ1) is 11.5. The summed E-state index contributed by atoms with van der Waals surface area (Å²) in [4.78, 5) is 12.3. The molecule has 2 aromatic carbocycles. The summed E-state index contributed by atoms with van der Waals surface area (Å²) in [7, 11) is 0. The fourth-order valence-electron chi connectivity index (χ4n) is 2.61. The fourth-order valence-corrected chi connectivity index (χ4v) is 2.80. The molecule has 0 radical (unpaired) electrons. The Morgan fingerprint density at radius 1 is 1.38 bits per heavy atom. The molecule has 0 saturated carbocycles. The van der Waals surface area contributed by atoms with Gasteiger partial charge in [0.05, 0.1) is 0 Å². The summed E-state index contributed by atoms with van der Waals surface area (Å²) in [6.45, 7) is 2.01. The molecule has 0 fully saturated rings. The van der Waals surface area contributed by atoms with Crippen LogP contribution in [0.3, 0.4) is 0 Å². The zero-order valence-corrected chi connectivity index (χ0v) is 13.8. The highest BCUT2D eigenvalue weighted by molar-refractivity contribution is 6.31. The lowest BCUT2D eigenvalue weighted by Crippen LogP contribution is -2.13. The van der Waals surface area contributed by atoms with Crippen molar-refractivity contribution in [3.8, 4) is 11.8 Å². The van der Waals surface area contributed by atoms with Crippen LogP contribution in [0, 0.1) is 11.3 Å². The number of fused-ring (bicyclic) bond motifs is 1. The summed E-state index contributed by atoms with van der Waals surface area (Å²) in [5.74, 6) is 0.395. The zero-order valence-electron chi connectivity index (χ0n) is 13.0. The number of nitriles is 1. The number of hydrogen-bond acceptors (Lipinski definition) is 3. The van der Waals surface area contributed by atoms with E-state index in [4.69, 9.17) is 16.3 Å². The molecule has 0 aliphatic carbocycles. The number of halogens is 1. The van der Waals surface area contributed by atoms with E-state index >= 15 is 0 Å². The average molecular weight is 339 g/mol. The Labute approximate surface area is 145 Å². The van der Waals surface area contributed by atoms with Crippen molar-refractivity contribution in [2.45, 2.75) is 19.4 Å². The van der Waals surface area contributed by atoms with Gasteiger partial charge < -0.3 is 10.1 Å². The van der Waals surface area contributed by atoms with Crippen molar-refractivity contribution in [1.29, 1.82) is 5.26 Å². The third kappa shape index (κ3) is 3.58. The minimum Gasteiger partial charge on any atom is -0.490 e. The lowest BCUT2D eigenvalue weighted by atomic mass is 10.0. The Morgan fingerprint density at radius 3 is 2.96 bits per heavy atom. The van der Waals surface area contributed by atoms with Gasteiger partial charge in [-0.05, 0) is 54.5 Å². The van der Waals surface area contributed by atoms with E-state index < -0.39 is 5.91 Å². The summed E-state index contributed by atoms with van der Waals surface area (Å²) in [6, 6.07) is 14.4. The van der Waals surface area contributed by atoms with E-state index in [1.807, 2.05) is 31.2 Å². The molecule has 0 aromatic heterocycles. The molecule has 1 amide bonds. The molecule has 3 rings (SSSR count). The van der Waals surface area contributed by atoms with Crippen molar-refractivity contribution in [2.75, 3.05) is 5.32 Å². The zero-order chi connectivity index (χ0) is 17.1. The van der Waals surface area contributed by atoms with Crippen molar-refractivity contribution in [3.05, 3.63) is 64.2 Å². The Morgan fingerprint density at radius 2 is 2.21 bits per heavy atom. The topological polar surface area (TPSA) is 62.1 Å². The Balaban J connectivity index is 1.81.